The van der Waals surface area contributed by atoms with Gasteiger partial charge in [-0.3, -0.25) is 0 Å². The van der Waals surface area contributed by atoms with Gasteiger partial charge in [0.1, 0.15) is 0 Å². The molecule has 0 aliphatic rings. The summed E-state index contributed by atoms with van der Waals surface area (Å²) in [5.74, 6) is 1.28. The highest BCUT2D eigenvalue weighted by molar-refractivity contribution is 7.81. The van der Waals surface area contributed by atoms with E-state index in [1.165, 1.54) is 0 Å². The number of thiol groups is 2. The van der Waals surface area contributed by atoms with Crippen LogP contribution in [0.2, 0.25) is 0 Å². The minimum Gasteiger partial charge on any atom is -0.309 e. The van der Waals surface area contributed by atoms with E-state index in [-0.39, 0.29) is 0 Å². The molecule has 0 radical (unpaired) electrons. The van der Waals surface area contributed by atoms with Crippen molar-refractivity contribution >= 4 is 36.7 Å². The zero-order valence-electron chi connectivity index (χ0n) is 6.43. The molecule has 0 spiro atoms. The summed E-state index contributed by atoms with van der Waals surface area (Å²) >= 11 is 7.99. The highest BCUT2D eigenvalue weighted by atomic mass is 32.1. The fourth-order valence-electron chi connectivity index (χ4n) is 0.694. The molecule has 0 aliphatic heterocycles. The highest BCUT2D eigenvalue weighted by Gasteiger charge is 1.99. The normalized spacial score (nSPS) is 9.64. The lowest BCUT2D eigenvalue weighted by Gasteiger charge is -2.01. The van der Waals surface area contributed by atoms with Crippen molar-refractivity contribution in [2.45, 2.75) is 19.3 Å². The summed E-state index contributed by atoms with van der Waals surface area (Å²) in [7, 11) is 0. The van der Waals surface area contributed by atoms with Gasteiger partial charge >= 0.3 is 0 Å². The Morgan fingerprint density at radius 1 is 1.09 bits per heavy atom. The van der Waals surface area contributed by atoms with E-state index < -0.39 is 0 Å². The van der Waals surface area contributed by atoms with E-state index in [0.29, 0.717) is 23.6 Å². The van der Waals surface area contributed by atoms with Crippen LogP contribution in [0.15, 0.2) is 0 Å². The Morgan fingerprint density at radius 3 is 2.18 bits per heavy atom. The molecule has 0 bridgehead atoms. The molecule has 11 heavy (non-hydrogen) atoms. The molecule has 2 N–H and O–H groups in total. The summed E-state index contributed by atoms with van der Waals surface area (Å²) in [4.78, 5) is 0. The van der Waals surface area contributed by atoms with Gasteiger partial charge in [0.2, 0.25) is 0 Å². The van der Waals surface area contributed by atoms with Gasteiger partial charge in [0, 0.05) is 23.6 Å². The lowest BCUT2D eigenvalue weighted by molar-refractivity contribution is 0.988. The SMILES string of the molecule is N=C(CS)CC(=N)CCCS. The number of hydrogen-bond donors (Lipinski definition) is 4. The van der Waals surface area contributed by atoms with E-state index in [1.807, 2.05) is 0 Å². The molecule has 0 saturated carbocycles. The molecule has 0 aromatic heterocycles. The third kappa shape index (κ3) is 6.44. The zero-order valence-corrected chi connectivity index (χ0v) is 8.22. The molecule has 0 aliphatic carbocycles. The summed E-state index contributed by atoms with van der Waals surface area (Å²) in [6.07, 6.45) is 2.18. The summed E-state index contributed by atoms with van der Waals surface area (Å²) in [5, 5.41) is 14.7. The average molecular weight is 190 g/mol. The molecule has 64 valence electrons. The largest absolute Gasteiger partial charge is 0.309 e. The predicted octanol–water partition coefficient (Wildman–Crippen LogP) is 2.06. The number of rotatable bonds is 6. The maximum atomic E-state index is 7.42. The Bertz CT molecular complexity index is 145. The van der Waals surface area contributed by atoms with Crippen LogP contribution in [0.3, 0.4) is 0 Å². The summed E-state index contributed by atoms with van der Waals surface area (Å²) < 4.78 is 0. The lowest BCUT2D eigenvalue weighted by atomic mass is 10.1. The number of nitrogens with one attached hydrogen (secondary N) is 2. The highest BCUT2D eigenvalue weighted by Crippen LogP contribution is 1.98. The summed E-state index contributed by atoms with van der Waals surface area (Å²) in [6.45, 7) is 0. The van der Waals surface area contributed by atoms with E-state index in [9.17, 15) is 0 Å². The van der Waals surface area contributed by atoms with Crippen molar-refractivity contribution in [2.24, 2.45) is 0 Å². The molecule has 0 saturated heterocycles. The molecule has 0 unspecified atom stereocenters. The van der Waals surface area contributed by atoms with Crippen molar-refractivity contribution in [1.82, 2.24) is 0 Å². The van der Waals surface area contributed by atoms with Gasteiger partial charge < -0.3 is 10.8 Å². The van der Waals surface area contributed by atoms with E-state index in [1.54, 1.807) is 0 Å². The first-order valence-corrected chi connectivity index (χ1v) is 4.81. The fourth-order valence-corrected chi connectivity index (χ4v) is 0.964. The van der Waals surface area contributed by atoms with Crippen LogP contribution in [-0.2, 0) is 0 Å². The zero-order chi connectivity index (χ0) is 8.69. The third-order valence-corrected chi connectivity index (χ3v) is 1.95. The molecule has 4 heteroatoms. The predicted molar refractivity (Wildman–Crippen MR) is 57.0 cm³/mol. The van der Waals surface area contributed by atoms with Crippen molar-refractivity contribution in [3.63, 3.8) is 0 Å². The van der Waals surface area contributed by atoms with Gasteiger partial charge in [0.15, 0.2) is 0 Å². The van der Waals surface area contributed by atoms with Crippen LogP contribution in [-0.4, -0.2) is 22.9 Å². The van der Waals surface area contributed by atoms with Crippen molar-refractivity contribution in [3.05, 3.63) is 0 Å². The first kappa shape index (κ1) is 11.0. The van der Waals surface area contributed by atoms with Gasteiger partial charge in [-0.05, 0) is 18.6 Å². The molecule has 0 rings (SSSR count). The van der Waals surface area contributed by atoms with Gasteiger partial charge in [0.05, 0.1) is 0 Å². The Balaban J connectivity index is 3.44. The van der Waals surface area contributed by atoms with Gasteiger partial charge in [-0.1, -0.05) is 0 Å². The standard InChI is InChI=1S/C7H14N2S2/c8-6(2-1-3-10)4-7(9)5-11/h8-11H,1-5H2. The second-order valence-electron chi connectivity index (χ2n) is 2.37. The Hall–Kier alpha value is 0.0400. The van der Waals surface area contributed by atoms with Crippen LogP contribution in [0, 0.1) is 10.8 Å². The monoisotopic (exact) mass is 190 g/mol. The minimum atomic E-state index is 0.462. The van der Waals surface area contributed by atoms with Crippen LogP contribution >= 0.6 is 25.3 Å². The van der Waals surface area contributed by atoms with Crippen LogP contribution in [0.4, 0.5) is 0 Å². The van der Waals surface area contributed by atoms with Crippen molar-refractivity contribution in [2.75, 3.05) is 11.5 Å². The molecule has 0 aromatic carbocycles. The molecular weight excluding hydrogens is 176 g/mol. The summed E-state index contributed by atoms with van der Waals surface area (Å²) in [5.41, 5.74) is 1.15. The molecule has 0 atom stereocenters. The quantitative estimate of drug-likeness (QED) is 0.366. The Morgan fingerprint density at radius 2 is 1.73 bits per heavy atom. The topological polar surface area (TPSA) is 47.7 Å². The first-order valence-electron chi connectivity index (χ1n) is 3.55. The van der Waals surface area contributed by atoms with Gasteiger partial charge in [-0.2, -0.15) is 25.3 Å². The molecule has 2 nitrogen and oxygen atoms in total. The Labute approximate surface area is 78.6 Å². The average Bonchev–Trinajstić information content (AvgIpc) is 2.00. The van der Waals surface area contributed by atoms with Gasteiger partial charge in [-0.25, -0.2) is 0 Å². The fraction of sp³-hybridized carbons (Fsp3) is 0.714. The molecule has 0 aromatic rings. The third-order valence-electron chi connectivity index (χ3n) is 1.25. The van der Waals surface area contributed by atoms with Gasteiger partial charge in [0.25, 0.3) is 0 Å². The van der Waals surface area contributed by atoms with E-state index in [4.69, 9.17) is 10.8 Å². The van der Waals surface area contributed by atoms with Crippen LogP contribution in [0.5, 0.6) is 0 Å². The van der Waals surface area contributed by atoms with E-state index >= 15 is 0 Å². The first-order chi connectivity index (χ1) is 5.20. The van der Waals surface area contributed by atoms with E-state index in [0.717, 1.165) is 18.6 Å². The smallest absolute Gasteiger partial charge is 0.0285 e. The lowest BCUT2D eigenvalue weighted by Crippen LogP contribution is -2.07. The second kappa shape index (κ2) is 6.73. The van der Waals surface area contributed by atoms with Crippen LogP contribution in [0.1, 0.15) is 19.3 Å². The second-order valence-corrected chi connectivity index (χ2v) is 3.13. The molecule has 0 heterocycles. The summed E-state index contributed by atoms with van der Waals surface area (Å²) in [6, 6.07) is 0. The molecular formula is C7H14N2S2. The van der Waals surface area contributed by atoms with Crippen LogP contribution in [0.25, 0.3) is 0 Å². The van der Waals surface area contributed by atoms with Crippen LogP contribution < -0.4 is 0 Å². The Kier molecular flexibility index (Phi) is 6.76. The van der Waals surface area contributed by atoms with Crippen molar-refractivity contribution in [3.8, 4) is 0 Å². The number of hydrogen-bond acceptors (Lipinski definition) is 4. The molecule has 0 amide bonds. The van der Waals surface area contributed by atoms with Crippen molar-refractivity contribution in [1.29, 1.82) is 10.8 Å². The van der Waals surface area contributed by atoms with Crippen molar-refractivity contribution < 1.29 is 0 Å². The maximum Gasteiger partial charge on any atom is 0.0285 e. The van der Waals surface area contributed by atoms with E-state index in [2.05, 4.69) is 25.3 Å². The molecule has 0 fully saturated rings. The minimum absolute atomic E-state index is 0.462. The maximum absolute atomic E-state index is 7.42. The van der Waals surface area contributed by atoms with Gasteiger partial charge in [-0.15, -0.1) is 0 Å².